The van der Waals surface area contributed by atoms with Gasteiger partial charge in [0.05, 0.1) is 6.61 Å². The molecule has 1 amide bonds. The molecule has 0 aliphatic carbocycles. The standard InChI is InChI=1S/C14H22N2O2/c1-10(2)9-18-13-6-4-5-12(8-13)16-14(17)7-11(3)15/h4-6,8,10-11H,7,9,15H2,1-3H3,(H,16,17). The molecule has 0 aliphatic rings. The van der Waals surface area contributed by atoms with Crippen LogP contribution in [0.5, 0.6) is 5.75 Å². The molecule has 0 bridgehead atoms. The monoisotopic (exact) mass is 250 g/mol. The average molecular weight is 250 g/mol. The summed E-state index contributed by atoms with van der Waals surface area (Å²) in [5.74, 6) is 1.16. The summed E-state index contributed by atoms with van der Waals surface area (Å²) < 4.78 is 5.59. The highest BCUT2D eigenvalue weighted by Gasteiger charge is 2.06. The molecular formula is C14H22N2O2. The maximum absolute atomic E-state index is 11.6. The van der Waals surface area contributed by atoms with Crippen LogP contribution >= 0.6 is 0 Å². The van der Waals surface area contributed by atoms with E-state index in [-0.39, 0.29) is 11.9 Å². The molecule has 3 N–H and O–H groups in total. The lowest BCUT2D eigenvalue weighted by atomic mass is 10.2. The van der Waals surface area contributed by atoms with Crippen LogP contribution in [0.3, 0.4) is 0 Å². The first-order valence-corrected chi connectivity index (χ1v) is 6.25. The molecule has 4 nitrogen and oxygen atoms in total. The molecule has 0 heterocycles. The molecule has 100 valence electrons. The topological polar surface area (TPSA) is 64.3 Å². The Morgan fingerprint density at radius 1 is 1.39 bits per heavy atom. The SMILES string of the molecule is CC(C)COc1cccc(NC(=O)CC(C)N)c1. The van der Waals surface area contributed by atoms with Gasteiger partial charge in [-0.1, -0.05) is 19.9 Å². The number of nitrogens with one attached hydrogen (secondary N) is 1. The first kappa shape index (κ1) is 14.5. The lowest BCUT2D eigenvalue weighted by Gasteiger charge is -2.11. The lowest BCUT2D eigenvalue weighted by Crippen LogP contribution is -2.23. The van der Waals surface area contributed by atoms with Crippen molar-refractivity contribution < 1.29 is 9.53 Å². The van der Waals surface area contributed by atoms with E-state index >= 15 is 0 Å². The Balaban J connectivity index is 2.56. The van der Waals surface area contributed by atoms with Gasteiger partial charge in [0.2, 0.25) is 5.91 Å². The molecule has 18 heavy (non-hydrogen) atoms. The molecular weight excluding hydrogens is 228 g/mol. The molecule has 0 aromatic heterocycles. The number of nitrogens with two attached hydrogens (primary N) is 1. The third-order valence-electron chi connectivity index (χ3n) is 2.21. The molecule has 1 rings (SSSR count). The minimum absolute atomic E-state index is 0.0778. The van der Waals surface area contributed by atoms with E-state index in [1.54, 1.807) is 0 Å². The van der Waals surface area contributed by atoms with Crippen molar-refractivity contribution in [3.63, 3.8) is 0 Å². The van der Waals surface area contributed by atoms with Crippen LogP contribution in [0.4, 0.5) is 5.69 Å². The number of benzene rings is 1. The van der Waals surface area contributed by atoms with E-state index in [0.717, 1.165) is 11.4 Å². The predicted octanol–water partition coefficient (Wildman–Crippen LogP) is 2.40. The van der Waals surface area contributed by atoms with Crippen molar-refractivity contribution in [2.24, 2.45) is 11.7 Å². The Morgan fingerprint density at radius 2 is 2.11 bits per heavy atom. The highest BCUT2D eigenvalue weighted by molar-refractivity contribution is 5.91. The summed E-state index contributed by atoms with van der Waals surface area (Å²) in [6, 6.07) is 7.26. The van der Waals surface area contributed by atoms with E-state index < -0.39 is 0 Å². The second-order valence-electron chi connectivity index (χ2n) is 4.96. The normalized spacial score (nSPS) is 12.3. The van der Waals surface area contributed by atoms with Crippen LogP contribution in [0.15, 0.2) is 24.3 Å². The zero-order chi connectivity index (χ0) is 13.5. The van der Waals surface area contributed by atoms with E-state index in [4.69, 9.17) is 10.5 Å². The number of anilines is 1. The average Bonchev–Trinajstić information content (AvgIpc) is 2.25. The van der Waals surface area contributed by atoms with Crippen molar-refractivity contribution in [3.8, 4) is 5.75 Å². The Hall–Kier alpha value is -1.55. The van der Waals surface area contributed by atoms with Crippen molar-refractivity contribution in [1.82, 2.24) is 0 Å². The van der Waals surface area contributed by atoms with E-state index in [9.17, 15) is 4.79 Å². The summed E-state index contributed by atoms with van der Waals surface area (Å²) in [5, 5.41) is 2.80. The predicted molar refractivity (Wildman–Crippen MR) is 73.7 cm³/mol. The summed E-state index contributed by atoms with van der Waals surface area (Å²) in [6.45, 7) is 6.65. The van der Waals surface area contributed by atoms with Gasteiger partial charge < -0.3 is 15.8 Å². The quantitative estimate of drug-likeness (QED) is 0.814. The van der Waals surface area contributed by atoms with Crippen LogP contribution in [-0.2, 0) is 4.79 Å². The molecule has 0 radical (unpaired) electrons. The minimum Gasteiger partial charge on any atom is -0.493 e. The van der Waals surface area contributed by atoms with E-state index in [0.29, 0.717) is 18.9 Å². The zero-order valence-electron chi connectivity index (χ0n) is 11.3. The van der Waals surface area contributed by atoms with Crippen molar-refractivity contribution in [1.29, 1.82) is 0 Å². The minimum atomic E-state index is -0.134. The second-order valence-corrected chi connectivity index (χ2v) is 4.96. The molecule has 1 aromatic rings. The highest BCUT2D eigenvalue weighted by atomic mass is 16.5. The molecule has 0 saturated heterocycles. The molecule has 1 aromatic carbocycles. The molecule has 0 fully saturated rings. The fourth-order valence-electron chi connectivity index (χ4n) is 1.43. The van der Waals surface area contributed by atoms with Crippen molar-refractivity contribution in [3.05, 3.63) is 24.3 Å². The van der Waals surface area contributed by atoms with Crippen LogP contribution in [0.2, 0.25) is 0 Å². The summed E-state index contributed by atoms with van der Waals surface area (Å²) in [4.78, 5) is 11.6. The third-order valence-corrected chi connectivity index (χ3v) is 2.21. The van der Waals surface area contributed by atoms with Crippen molar-refractivity contribution in [2.45, 2.75) is 33.2 Å². The number of hydrogen-bond donors (Lipinski definition) is 2. The number of amides is 1. The van der Waals surface area contributed by atoms with Gasteiger partial charge in [0, 0.05) is 24.2 Å². The van der Waals surface area contributed by atoms with Crippen LogP contribution in [-0.4, -0.2) is 18.6 Å². The zero-order valence-corrected chi connectivity index (χ0v) is 11.3. The van der Waals surface area contributed by atoms with Gasteiger partial charge in [-0.25, -0.2) is 0 Å². The maximum atomic E-state index is 11.6. The number of carbonyl (C=O) groups is 1. The van der Waals surface area contributed by atoms with Gasteiger partial charge in [-0.05, 0) is 25.0 Å². The fraction of sp³-hybridized carbons (Fsp3) is 0.500. The summed E-state index contributed by atoms with van der Waals surface area (Å²) >= 11 is 0. The van der Waals surface area contributed by atoms with Gasteiger partial charge in [-0.3, -0.25) is 4.79 Å². The lowest BCUT2D eigenvalue weighted by molar-refractivity contribution is -0.116. The molecule has 0 saturated carbocycles. The van der Waals surface area contributed by atoms with Gasteiger partial charge in [-0.2, -0.15) is 0 Å². The number of carbonyl (C=O) groups excluding carboxylic acids is 1. The second kappa shape index (κ2) is 7.01. The molecule has 0 spiro atoms. The number of hydrogen-bond acceptors (Lipinski definition) is 3. The van der Waals surface area contributed by atoms with Gasteiger partial charge >= 0.3 is 0 Å². The maximum Gasteiger partial charge on any atom is 0.225 e. The first-order valence-electron chi connectivity index (χ1n) is 6.25. The number of ether oxygens (including phenoxy) is 1. The summed E-state index contributed by atoms with van der Waals surface area (Å²) in [6.07, 6.45) is 0.317. The van der Waals surface area contributed by atoms with Gasteiger partial charge in [0.25, 0.3) is 0 Å². The Morgan fingerprint density at radius 3 is 2.72 bits per heavy atom. The Bertz CT molecular complexity index is 389. The van der Waals surface area contributed by atoms with E-state index in [1.165, 1.54) is 0 Å². The summed E-state index contributed by atoms with van der Waals surface area (Å²) in [5.41, 5.74) is 6.31. The summed E-state index contributed by atoms with van der Waals surface area (Å²) in [7, 11) is 0. The van der Waals surface area contributed by atoms with E-state index in [2.05, 4.69) is 19.2 Å². The van der Waals surface area contributed by atoms with Crippen LogP contribution in [0.25, 0.3) is 0 Å². The smallest absolute Gasteiger partial charge is 0.225 e. The Labute approximate surface area is 109 Å². The molecule has 1 unspecified atom stereocenters. The van der Waals surface area contributed by atoms with Gasteiger partial charge in [0.15, 0.2) is 0 Å². The molecule has 4 heteroatoms. The number of rotatable bonds is 6. The van der Waals surface area contributed by atoms with Crippen LogP contribution in [0, 0.1) is 5.92 Å². The van der Waals surface area contributed by atoms with Crippen LogP contribution < -0.4 is 15.8 Å². The fourth-order valence-corrected chi connectivity index (χ4v) is 1.43. The molecule has 1 atom stereocenters. The van der Waals surface area contributed by atoms with Crippen molar-refractivity contribution >= 4 is 11.6 Å². The van der Waals surface area contributed by atoms with Crippen LogP contribution in [0.1, 0.15) is 27.2 Å². The van der Waals surface area contributed by atoms with Gasteiger partial charge in [0.1, 0.15) is 5.75 Å². The van der Waals surface area contributed by atoms with Gasteiger partial charge in [-0.15, -0.1) is 0 Å². The molecule has 0 aliphatic heterocycles. The first-order chi connectivity index (χ1) is 8.47. The largest absolute Gasteiger partial charge is 0.493 e. The Kier molecular flexibility index (Phi) is 5.65. The van der Waals surface area contributed by atoms with E-state index in [1.807, 2.05) is 31.2 Å². The highest BCUT2D eigenvalue weighted by Crippen LogP contribution is 2.18. The van der Waals surface area contributed by atoms with Crippen molar-refractivity contribution in [2.75, 3.05) is 11.9 Å². The third kappa shape index (κ3) is 5.68.